The van der Waals surface area contributed by atoms with Crippen molar-refractivity contribution >= 4 is 33.9 Å². The molecule has 4 rings (SSSR count). The van der Waals surface area contributed by atoms with E-state index in [0.29, 0.717) is 5.41 Å². The van der Waals surface area contributed by atoms with Crippen molar-refractivity contribution in [2.45, 2.75) is 54.1 Å². The minimum absolute atomic E-state index is 0.0214. The van der Waals surface area contributed by atoms with E-state index in [1.54, 1.807) is 6.07 Å². The SMILES string of the molecule is CC(C)COC(=O)c1cc(=O)c2c(OCC(O)COc3cccc4oc(C(=O)O)cc(=O)c34)cccc2o1.CCC(C)(C)C. The lowest BCUT2D eigenvalue weighted by Gasteiger charge is -2.15. The average Bonchev–Trinajstić information content (AvgIpc) is 2.97. The number of hydrogen-bond donors (Lipinski definition) is 2. The molecule has 2 heterocycles. The number of hydrogen-bond acceptors (Lipinski definition) is 10. The highest BCUT2D eigenvalue weighted by Gasteiger charge is 2.19. The fraction of sp³-hybridized carbons (Fsp3) is 0.394. The van der Waals surface area contributed by atoms with Crippen molar-refractivity contribution < 1.29 is 42.8 Å². The van der Waals surface area contributed by atoms with Crippen molar-refractivity contribution in [1.29, 1.82) is 0 Å². The maximum Gasteiger partial charge on any atom is 0.374 e. The van der Waals surface area contributed by atoms with Crippen molar-refractivity contribution in [2.24, 2.45) is 11.3 Å². The van der Waals surface area contributed by atoms with E-state index in [1.165, 1.54) is 36.8 Å². The van der Waals surface area contributed by atoms with Gasteiger partial charge >= 0.3 is 11.9 Å². The molecular formula is C33H38O11. The zero-order chi connectivity index (χ0) is 32.6. The maximum atomic E-state index is 12.7. The number of benzene rings is 2. The Labute approximate surface area is 254 Å². The van der Waals surface area contributed by atoms with Crippen molar-refractivity contribution in [3.8, 4) is 11.5 Å². The lowest BCUT2D eigenvalue weighted by atomic mass is 9.94. The van der Waals surface area contributed by atoms with Crippen LogP contribution in [0.25, 0.3) is 21.9 Å². The third kappa shape index (κ3) is 9.18. The summed E-state index contributed by atoms with van der Waals surface area (Å²) in [6.45, 7) is 12.3. The third-order valence-corrected chi connectivity index (χ3v) is 6.32. The maximum absolute atomic E-state index is 12.7. The quantitative estimate of drug-likeness (QED) is 0.213. The van der Waals surface area contributed by atoms with Crippen molar-refractivity contribution in [1.82, 2.24) is 0 Å². The number of aliphatic hydroxyl groups excluding tert-OH is 1. The molecule has 2 aromatic heterocycles. The van der Waals surface area contributed by atoms with Gasteiger partial charge in [0.15, 0.2) is 10.9 Å². The van der Waals surface area contributed by atoms with Crippen LogP contribution in [-0.2, 0) is 4.74 Å². The molecule has 0 bridgehead atoms. The molecule has 11 nitrogen and oxygen atoms in total. The molecule has 0 aliphatic carbocycles. The molecular weight excluding hydrogens is 572 g/mol. The lowest BCUT2D eigenvalue weighted by Crippen LogP contribution is -2.25. The molecule has 2 N–H and O–H groups in total. The number of carboxylic acids is 1. The van der Waals surface area contributed by atoms with Gasteiger partial charge in [0.2, 0.25) is 11.5 Å². The summed E-state index contributed by atoms with van der Waals surface area (Å²) in [4.78, 5) is 48.5. The van der Waals surface area contributed by atoms with Crippen LogP contribution in [0, 0.1) is 11.3 Å². The predicted molar refractivity (Wildman–Crippen MR) is 164 cm³/mol. The Kier molecular flexibility index (Phi) is 11.3. The van der Waals surface area contributed by atoms with E-state index in [2.05, 4.69) is 27.7 Å². The van der Waals surface area contributed by atoms with Gasteiger partial charge in [-0.15, -0.1) is 0 Å². The second-order valence-electron chi connectivity index (χ2n) is 11.7. The molecule has 236 valence electrons. The number of carboxylic acid groups (broad SMARTS) is 1. The van der Waals surface area contributed by atoms with E-state index in [0.717, 1.165) is 12.1 Å². The number of fused-ring (bicyclic) bond motifs is 2. The van der Waals surface area contributed by atoms with Crippen LogP contribution in [0.2, 0.25) is 0 Å². The van der Waals surface area contributed by atoms with Crippen molar-refractivity contribution in [3.05, 3.63) is 80.5 Å². The van der Waals surface area contributed by atoms with Gasteiger partial charge in [-0.05, 0) is 35.6 Å². The van der Waals surface area contributed by atoms with E-state index >= 15 is 0 Å². The highest BCUT2D eigenvalue weighted by atomic mass is 16.5. The summed E-state index contributed by atoms with van der Waals surface area (Å²) in [6, 6.07) is 10.9. The smallest absolute Gasteiger partial charge is 0.374 e. The van der Waals surface area contributed by atoms with E-state index in [1.807, 2.05) is 13.8 Å². The zero-order valence-electron chi connectivity index (χ0n) is 25.7. The van der Waals surface area contributed by atoms with Crippen molar-refractivity contribution in [3.63, 3.8) is 0 Å². The average molecular weight is 611 g/mol. The van der Waals surface area contributed by atoms with Crippen LogP contribution in [0.4, 0.5) is 0 Å². The van der Waals surface area contributed by atoms with E-state index < -0.39 is 34.7 Å². The number of aliphatic hydroxyl groups is 1. The van der Waals surface area contributed by atoms with Gasteiger partial charge in [0.05, 0.1) is 6.61 Å². The molecule has 2 aromatic carbocycles. The van der Waals surface area contributed by atoms with Gasteiger partial charge in [0.25, 0.3) is 0 Å². The van der Waals surface area contributed by atoms with E-state index in [-0.39, 0.29) is 64.9 Å². The number of rotatable bonds is 10. The zero-order valence-corrected chi connectivity index (χ0v) is 25.7. The van der Waals surface area contributed by atoms with Crippen LogP contribution in [0.5, 0.6) is 11.5 Å². The van der Waals surface area contributed by atoms with Gasteiger partial charge in [-0.25, -0.2) is 9.59 Å². The fourth-order valence-electron chi connectivity index (χ4n) is 3.54. The summed E-state index contributed by atoms with van der Waals surface area (Å²) in [5.41, 5.74) is -0.458. The molecule has 0 radical (unpaired) electrons. The summed E-state index contributed by atoms with van der Waals surface area (Å²) in [7, 11) is 0. The molecule has 0 saturated heterocycles. The van der Waals surface area contributed by atoms with Crippen LogP contribution in [-0.4, -0.2) is 48.1 Å². The summed E-state index contributed by atoms with van der Waals surface area (Å²) < 4.78 is 27.1. The van der Waals surface area contributed by atoms with Crippen LogP contribution < -0.4 is 20.3 Å². The minimum Gasteiger partial charge on any atom is -0.490 e. The molecule has 44 heavy (non-hydrogen) atoms. The lowest BCUT2D eigenvalue weighted by molar-refractivity contribution is 0.0423. The first-order chi connectivity index (χ1) is 20.7. The molecule has 0 saturated carbocycles. The van der Waals surface area contributed by atoms with Crippen LogP contribution in [0.15, 0.2) is 67.0 Å². The molecule has 1 unspecified atom stereocenters. The van der Waals surface area contributed by atoms with Gasteiger partial charge in [-0.2, -0.15) is 0 Å². The molecule has 1 atom stereocenters. The van der Waals surface area contributed by atoms with Gasteiger partial charge < -0.3 is 33.3 Å². The van der Waals surface area contributed by atoms with E-state index in [9.17, 15) is 24.3 Å². The number of carbonyl (C=O) groups is 2. The fourth-order valence-corrected chi connectivity index (χ4v) is 3.54. The number of esters is 1. The topological polar surface area (TPSA) is 163 Å². The Morgan fingerprint density at radius 2 is 1.27 bits per heavy atom. The minimum atomic E-state index is -1.38. The highest BCUT2D eigenvalue weighted by Crippen LogP contribution is 2.25. The molecule has 0 fully saturated rings. The molecule has 0 amide bonds. The Morgan fingerprint density at radius 1 is 0.818 bits per heavy atom. The van der Waals surface area contributed by atoms with Crippen LogP contribution >= 0.6 is 0 Å². The monoisotopic (exact) mass is 610 g/mol. The first kappa shape index (κ1) is 33.9. The standard InChI is InChI=1S/C27H24O11.C6H14/c1-14(2)11-36-27(33)23-10-17(30)25-19(6-4-8-21(25)38-23)35-13-15(28)12-34-18-5-3-7-20-24(18)16(29)9-22(37-20)26(31)32;1-5-6(2,3)4/h3-10,14-15,28H,11-13H2,1-2H3,(H,31,32);5H2,1-4H3. The Bertz CT molecular complexity index is 1720. The van der Waals surface area contributed by atoms with Gasteiger partial charge in [0, 0.05) is 12.1 Å². The normalized spacial score (nSPS) is 12.0. The molecule has 0 spiro atoms. The highest BCUT2D eigenvalue weighted by molar-refractivity contribution is 5.91. The van der Waals surface area contributed by atoms with Crippen LogP contribution in [0.3, 0.4) is 0 Å². The summed E-state index contributed by atoms with van der Waals surface area (Å²) in [5.74, 6) is -2.54. The second-order valence-corrected chi connectivity index (χ2v) is 11.7. The molecule has 11 heteroatoms. The Hall–Kier alpha value is -4.64. The summed E-state index contributed by atoms with van der Waals surface area (Å²) in [6.07, 6.45) is 0.0932. The first-order valence-corrected chi connectivity index (χ1v) is 14.2. The van der Waals surface area contributed by atoms with Gasteiger partial charge in [-0.1, -0.05) is 60.1 Å². The Morgan fingerprint density at radius 3 is 1.70 bits per heavy atom. The van der Waals surface area contributed by atoms with Gasteiger partial charge in [-0.3, -0.25) is 9.59 Å². The number of carbonyl (C=O) groups excluding carboxylic acids is 1. The first-order valence-electron chi connectivity index (χ1n) is 14.2. The molecule has 4 aromatic rings. The predicted octanol–water partition coefficient (Wildman–Crippen LogP) is 5.67. The molecule has 0 aliphatic rings. The van der Waals surface area contributed by atoms with E-state index in [4.69, 9.17) is 28.2 Å². The number of aromatic carboxylic acids is 1. The van der Waals surface area contributed by atoms with Crippen molar-refractivity contribution in [2.75, 3.05) is 19.8 Å². The largest absolute Gasteiger partial charge is 0.490 e. The second kappa shape index (κ2) is 14.7. The summed E-state index contributed by atoms with van der Waals surface area (Å²) in [5, 5.41) is 19.6. The molecule has 0 aliphatic heterocycles. The third-order valence-electron chi connectivity index (χ3n) is 6.32. The summed E-state index contributed by atoms with van der Waals surface area (Å²) >= 11 is 0. The Balaban J connectivity index is 0.000000801. The van der Waals surface area contributed by atoms with Gasteiger partial charge in [0.1, 0.15) is 52.8 Å². The van der Waals surface area contributed by atoms with Crippen LogP contribution in [0.1, 0.15) is 69.1 Å². The number of ether oxygens (including phenoxy) is 3.